The van der Waals surface area contributed by atoms with Gasteiger partial charge < -0.3 is 20.3 Å². The van der Waals surface area contributed by atoms with Crippen molar-refractivity contribution in [3.63, 3.8) is 0 Å². The highest BCUT2D eigenvalue weighted by atomic mass is 32.1. The molecule has 0 fully saturated rings. The third kappa shape index (κ3) is 6.84. The Morgan fingerprint density at radius 3 is 2.71 bits per heavy atom. The molecule has 0 spiro atoms. The number of carbonyl (C=O) groups is 1. The lowest BCUT2D eigenvalue weighted by molar-refractivity contribution is -0.130. The van der Waals surface area contributed by atoms with Gasteiger partial charge in [0.25, 0.3) is 5.91 Å². The molecule has 8 heteroatoms. The fraction of sp³-hybridized carbons (Fsp3) is 0.450. The molecule has 152 valence electrons. The quantitative estimate of drug-likeness (QED) is 0.521. The van der Waals surface area contributed by atoms with Crippen LogP contribution in [0.1, 0.15) is 21.1 Å². The minimum Gasteiger partial charge on any atom is -0.484 e. The molecule has 2 rings (SSSR count). The van der Waals surface area contributed by atoms with Gasteiger partial charge in [-0.25, -0.2) is 4.98 Å². The van der Waals surface area contributed by atoms with Gasteiger partial charge in [-0.2, -0.15) is 0 Å². The molecular weight excluding hydrogens is 374 g/mol. The summed E-state index contributed by atoms with van der Waals surface area (Å²) in [4.78, 5) is 23.2. The van der Waals surface area contributed by atoms with Crippen molar-refractivity contribution in [2.24, 2.45) is 4.99 Å². The summed E-state index contributed by atoms with van der Waals surface area (Å²) >= 11 is 1.74. The van der Waals surface area contributed by atoms with Gasteiger partial charge in [0, 0.05) is 45.5 Å². The Bertz CT molecular complexity index is 797. The Kier molecular flexibility index (Phi) is 8.25. The van der Waals surface area contributed by atoms with Crippen molar-refractivity contribution in [1.82, 2.24) is 20.5 Å². The van der Waals surface area contributed by atoms with Gasteiger partial charge in [-0.15, -0.1) is 11.3 Å². The average Bonchev–Trinajstić information content (AvgIpc) is 3.00. The summed E-state index contributed by atoms with van der Waals surface area (Å²) in [6.07, 6.45) is 0.864. The minimum absolute atomic E-state index is 0.0306. The van der Waals surface area contributed by atoms with Gasteiger partial charge >= 0.3 is 0 Å². The number of hydrogen-bond acceptors (Lipinski definition) is 5. The third-order valence-corrected chi connectivity index (χ3v) is 5.28. The SMILES string of the molecule is CN=C(NCCc1nc(C)c(C)s1)NCc1cccc(OCC(=O)N(C)C)c1. The monoisotopic (exact) mass is 403 g/mol. The number of aromatic nitrogens is 1. The molecule has 0 unspecified atom stereocenters. The molecule has 0 bridgehead atoms. The Labute approximate surface area is 170 Å². The van der Waals surface area contributed by atoms with Gasteiger partial charge in [0.15, 0.2) is 12.6 Å². The van der Waals surface area contributed by atoms with Crippen molar-refractivity contribution in [3.05, 3.63) is 45.4 Å². The number of aryl methyl sites for hydroxylation is 2. The molecule has 1 aromatic carbocycles. The average molecular weight is 404 g/mol. The van der Waals surface area contributed by atoms with Crippen LogP contribution in [0.4, 0.5) is 0 Å². The summed E-state index contributed by atoms with van der Waals surface area (Å²) in [5, 5.41) is 7.73. The maximum Gasteiger partial charge on any atom is 0.259 e. The summed E-state index contributed by atoms with van der Waals surface area (Å²) in [5.41, 5.74) is 2.15. The van der Waals surface area contributed by atoms with E-state index in [-0.39, 0.29) is 12.5 Å². The topological polar surface area (TPSA) is 78.9 Å². The number of rotatable bonds is 8. The molecule has 28 heavy (non-hydrogen) atoms. The first kappa shape index (κ1) is 21.7. The third-order valence-electron chi connectivity index (χ3n) is 4.15. The molecule has 0 radical (unpaired) electrons. The van der Waals surface area contributed by atoms with E-state index in [1.54, 1.807) is 32.5 Å². The van der Waals surface area contributed by atoms with E-state index in [0.717, 1.165) is 35.2 Å². The number of amides is 1. The van der Waals surface area contributed by atoms with Crippen LogP contribution in [-0.2, 0) is 17.8 Å². The van der Waals surface area contributed by atoms with Crippen LogP contribution in [0, 0.1) is 13.8 Å². The van der Waals surface area contributed by atoms with Crippen molar-refractivity contribution in [3.8, 4) is 5.75 Å². The van der Waals surface area contributed by atoms with E-state index < -0.39 is 0 Å². The first-order valence-electron chi connectivity index (χ1n) is 9.18. The number of nitrogens with one attached hydrogen (secondary N) is 2. The van der Waals surface area contributed by atoms with Crippen LogP contribution in [0.25, 0.3) is 0 Å². The highest BCUT2D eigenvalue weighted by Crippen LogP contribution is 2.16. The molecule has 1 heterocycles. The lowest BCUT2D eigenvalue weighted by Gasteiger charge is -2.13. The summed E-state index contributed by atoms with van der Waals surface area (Å²) < 4.78 is 5.56. The van der Waals surface area contributed by atoms with Gasteiger partial charge in [0.2, 0.25) is 0 Å². The molecule has 0 saturated carbocycles. The highest BCUT2D eigenvalue weighted by Gasteiger charge is 2.06. The van der Waals surface area contributed by atoms with Crippen LogP contribution in [0.2, 0.25) is 0 Å². The largest absolute Gasteiger partial charge is 0.484 e. The normalized spacial score (nSPS) is 11.2. The number of nitrogens with zero attached hydrogens (tertiary/aromatic N) is 3. The number of hydrogen-bond donors (Lipinski definition) is 2. The van der Waals surface area contributed by atoms with Crippen LogP contribution in [-0.4, -0.2) is 56.0 Å². The van der Waals surface area contributed by atoms with E-state index in [0.29, 0.717) is 12.3 Å². The van der Waals surface area contributed by atoms with Crippen LogP contribution < -0.4 is 15.4 Å². The molecule has 1 amide bonds. The zero-order valence-electron chi connectivity index (χ0n) is 17.2. The summed E-state index contributed by atoms with van der Waals surface area (Å²) in [6, 6.07) is 7.68. The fourth-order valence-electron chi connectivity index (χ4n) is 2.36. The Balaban J connectivity index is 1.79. The number of aliphatic imine (C=N–C) groups is 1. The predicted octanol–water partition coefficient (Wildman–Crippen LogP) is 2.13. The Hall–Kier alpha value is -2.61. The second-order valence-corrected chi connectivity index (χ2v) is 7.86. The van der Waals surface area contributed by atoms with E-state index in [4.69, 9.17) is 4.74 Å². The zero-order valence-corrected chi connectivity index (χ0v) is 18.0. The van der Waals surface area contributed by atoms with Crippen LogP contribution in [0.15, 0.2) is 29.3 Å². The number of benzene rings is 1. The summed E-state index contributed by atoms with van der Waals surface area (Å²) in [6.45, 7) is 5.54. The molecule has 0 aliphatic carbocycles. The molecule has 0 aliphatic heterocycles. The maximum absolute atomic E-state index is 11.6. The van der Waals surface area contributed by atoms with Crippen molar-refractivity contribution < 1.29 is 9.53 Å². The van der Waals surface area contributed by atoms with Gasteiger partial charge in [-0.3, -0.25) is 9.79 Å². The number of ether oxygens (including phenoxy) is 1. The van der Waals surface area contributed by atoms with Crippen molar-refractivity contribution in [1.29, 1.82) is 0 Å². The molecule has 1 aromatic heterocycles. The molecule has 0 atom stereocenters. The minimum atomic E-state index is -0.0706. The van der Waals surface area contributed by atoms with Crippen LogP contribution in [0.3, 0.4) is 0 Å². The zero-order chi connectivity index (χ0) is 20.5. The van der Waals surface area contributed by atoms with Gasteiger partial charge in [-0.05, 0) is 31.5 Å². The van der Waals surface area contributed by atoms with E-state index in [2.05, 4.69) is 27.5 Å². The number of thiazole rings is 1. The molecule has 2 aromatic rings. The van der Waals surface area contributed by atoms with E-state index in [1.807, 2.05) is 31.2 Å². The smallest absolute Gasteiger partial charge is 0.259 e. The first-order chi connectivity index (χ1) is 13.4. The lowest BCUT2D eigenvalue weighted by Crippen LogP contribution is -2.37. The molecular formula is C20H29N5O2S. The van der Waals surface area contributed by atoms with Crippen molar-refractivity contribution in [2.75, 3.05) is 34.3 Å². The summed E-state index contributed by atoms with van der Waals surface area (Å²) in [7, 11) is 5.17. The highest BCUT2D eigenvalue weighted by molar-refractivity contribution is 7.11. The van der Waals surface area contributed by atoms with Gasteiger partial charge in [0.1, 0.15) is 5.75 Å². The second-order valence-electron chi connectivity index (χ2n) is 6.58. The van der Waals surface area contributed by atoms with E-state index in [9.17, 15) is 4.79 Å². The summed E-state index contributed by atoms with van der Waals surface area (Å²) in [5.74, 6) is 1.34. The van der Waals surface area contributed by atoms with Crippen LogP contribution >= 0.6 is 11.3 Å². The number of carbonyl (C=O) groups excluding carboxylic acids is 1. The van der Waals surface area contributed by atoms with Gasteiger partial charge in [-0.1, -0.05) is 12.1 Å². The molecule has 0 aliphatic rings. The Morgan fingerprint density at radius 1 is 1.29 bits per heavy atom. The fourth-order valence-corrected chi connectivity index (χ4v) is 3.29. The predicted molar refractivity (Wildman–Crippen MR) is 114 cm³/mol. The number of guanidine groups is 1. The van der Waals surface area contributed by atoms with E-state index >= 15 is 0 Å². The standard InChI is InChI=1S/C20H29N5O2S/c1-14-15(2)28-18(24-14)9-10-22-20(21-3)23-12-16-7-6-8-17(11-16)27-13-19(26)25(4)5/h6-8,11H,9-10,12-13H2,1-5H3,(H2,21,22,23). The molecule has 2 N–H and O–H groups in total. The lowest BCUT2D eigenvalue weighted by atomic mass is 10.2. The van der Waals surface area contributed by atoms with Gasteiger partial charge in [0.05, 0.1) is 10.7 Å². The maximum atomic E-state index is 11.6. The van der Waals surface area contributed by atoms with Crippen LogP contribution in [0.5, 0.6) is 5.75 Å². The Morgan fingerprint density at radius 2 is 2.07 bits per heavy atom. The molecule has 0 saturated heterocycles. The molecule has 7 nitrogen and oxygen atoms in total. The second kappa shape index (κ2) is 10.7. The number of likely N-dealkylation sites (N-methyl/N-ethyl adjacent to an activating group) is 1. The van der Waals surface area contributed by atoms with Crippen molar-refractivity contribution in [2.45, 2.75) is 26.8 Å². The van der Waals surface area contributed by atoms with Crippen molar-refractivity contribution >= 4 is 23.2 Å². The van der Waals surface area contributed by atoms with E-state index in [1.165, 1.54) is 9.78 Å². The first-order valence-corrected chi connectivity index (χ1v) is 10.00.